The molecular formula is C13H16N2O9. The third-order valence-corrected chi connectivity index (χ3v) is 2.91. The molecule has 0 spiro atoms. The lowest BCUT2D eigenvalue weighted by molar-refractivity contribution is -0.385. The number of nitrogens with one attached hydrogen (secondary N) is 1. The zero-order valence-corrected chi connectivity index (χ0v) is 12.8. The van der Waals surface area contributed by atoms with Gasteiger partial charge in [0.15, 0.2) is 17.5 Å². The van der Waals surface area contributed by atoms with Gasteiger partial charge in [0.05, 0.1) is 37.4 Å². The van der Waals surface area contributed by atoms with E-state index >= 15 is 0 Å². The molecule has 1 rings (SSSR count). The second-order valence-corrected chi connectivity index (χ2v) is 4.39. The Hall–Kier alpha value is -3.08. The molecule has 0 unspecified atom stereocenters. The van der Waals surface area contributed by atoms with Gasteiger partial charge in [-0.15, -0.1) is 0 Å². The Kier molecular flexibility index (Phi) is 6.74. The third kappa shape index (κ3) is 4.71. The number of nitrogens with zero attached hydrogens (tertiary/aromatic N) is 1. The number of nitro benzene ring substituents is 1. The van der Waals surface area contributed by atoms with Crippen LogP contribution >= 0.6 is 0 Å². The lowest BCUT2D eigenvalue weighted by Gasteiger charge is -2.13. The van der Waals surface area contributed by atoms with Crippen LogP contribution in [0.3, 0.4) is 0 Å². The molecule has 0 aliphatic heterocycles. The molecule has 3 N–H and O–H groups in total. The number of benzene rings is 1. The van der Waals surface area contributed by atoms with Gasteiger partial charge in [-0.25, -0.2) is 9.59 Å². The number of hydrogen-bond acceptors (Lipinski definition) is 8. The van der Waals surface area contributed by atoms with Crippen molar-refractivity contribution in [2.75, 3.05) is 20.8 Å². The Morgan fingerprint density at radius 2 is 1.88 bits per heavy atom. The Morgan fingerprint density at radius 3 is 2.33 bits per heavy atom. The van der Waals surface area contributed by atoms with Gasteiger partial charge >= 0.3 is 12.1 Å². The van der Waals surface area contributed by atoms with Gasteiger partial charge in [0.1, 0.15) is 6.61 Å². The van der Waals surface area contributed by atoms with Crippen molar-refractivity contribution in [1.82, 2.24) is 5.32 Å². The summed E-state index contributed by atoms with van der Waals surface area (Å²) >= 11 is 0. The highest BCUT2D eigenvalue weighted by Crippen LogP contribution is 2.34. The van der Waals surface area contributed by atoms with E-state index in [0.717, 1.165) is 6.07 Å². The molecule has 11 heteroatoms. The van der Waals surface area contributed by atoms with Crippen molar-refractivity contribution >= 4 is 17.7 Å². The number of hydrogen-bond donors (Lipinski definition) is 3. The monoisotopic (exact) mass is 344 g/mol. The number of nitro groups is 1. The summed E-state index contributed by atoms with van der Waals surface area (Å²) in [6.45, 7) is -1.35. The first-order valence-corrected chi connectivity index (χ1v) is 6.50. The van der Waals surface area contributed by atoms with E-state index in [1.165, 1.54) is 20.3 Å². The molecule has 11 nitrogen and oxygen atoms in total. The van der Waals surface area contributed by atoms with Crippen molar-refractivity contribution in [3.63, 3.8) is 0 Å². The summed E-state index contributed by atoms with van der Waals surface area (Å²) in [4.78, 5) is 32.6. The van der Waals surface area contributed by atoms with Crippen molar-refractivity contribution < 1.29 is 38.9 Å². The van der Waals surface area contributed by atoms with Crippen LogP contribution in [0.2, 0.25) is 0 Å². The van der Waals surface area contributed by atoms with Crippen LogP contribution in [0.4, 0.5) is 10.5 Å². The molecule has 0 heterocycles. The lowest BCUT2D eigenvalue weighted by atomic mass is 10.1. The van der Waals surface area contributed by atoms with E-state index in [1.807, 2.05) is 5.32 Å². The predicted molar refractivity (Wildman–Crippen MR) is 78.0 cm³/mol. The van der Waals surface area contributed by atoms with Gasteiger partial charge in [-0.05, 0) is 6.07 Å². The summed E-state index contributed by atoms with van der Waals surface area (Å²) in [6, 6.07) is 0.839. The first-order chi connectivity index (χ1) is 11.3. The summed E-state index contributed by atoms with van der Waals surface area (Å²) in [5, 5.41) is 30.5. The number of aliphatic hydroxyl groups excluding tert-OH is 1. The van der Waals surface area contributed by atoms with Crippen LogP contribution in [-0.2, 0) is 16.1 Å². The molecule has 0 bridgehead atoms. The van der Waals surface area contributed by atoms with Crippen molar-refractivity contribution in [3.8, 4) is 11.5 Å². The zero-order valence-electron chi connectivity index (χ0n) is 12.8. The summed E-state index contributed by atoms with van der Waals surface area (Å²) in [6.07, 6.45) is -1.15. The van der Waals surface area contributed by atoms with Crippen molar-refractivity contribution in [2.45, 2.75) is 12.6 Å². The molecule has 1 amide bonds. The van der Waals surface area contributed by atoms with E-state index in [2.05, 4.69) is 0 Å². The minimum absolute atomic E-state index is 0.0173. The van der Waals surface area contributed by atoms with Crippen LogP contribution in [0.15, 0.2) is 12.1 Å². The minimum atomic E-state index is -1.54. The lowest BCUT2D eigenvalue weighted by Crippen LogP contribution is -2.43. The Balaban J connectivity index is 2.92. The average molecular weight is 344 g/mol. The van der Waals surface area contributed by atoms with Gasteiger partial charge in [0.2, 0.25) is 0 Å². The van der Waals surface area contributed by atoms with Gasteiger partial charge in [0, 0.05) is 0 Å². The van der Waals surface area contributed by atoms with Crippen LogP contribution in [-0.4, -0.2) is 54.1 Å². The van der Waals surface area contributed by atoms with Crippen molar-refractivity contribution in [2.24, 2.45) is 0 Å². The first kappa shape index (κ1) is 19.0. The molecule has 132 valence electrons. The maximum absolute atomic E-state index is 11.5. The maximum atomic E-state index is 11.5. The number of ether oxygens (including phenoxy) is 3. The van der Waals surface area contributed by atoms with Gasteiger partial charge in [-0.1, -0.05) is 0 Å². The summed E-state index contributed by atoms with van der Waals surface area (Å²) < 4.78 is 14.7. The predicted octanol–water partition coefficient (Wildman–Crippen LogP) is 0.284. The quantitative estimate of drug-likeness (QED) is 0.445. The number of carbonyl (C=O) groups is 2. The fourth-order valence-corrected chi connectivity index (χ4v) is 1.71. The average Bonchev–Trinajstić information content (AvgIpc) is 2.56. The van der Waals surface area contributed by atoms with E-state index in [1.54, 1.807) is 0 Å². The van der Waals surface area contributed by atoms with Crippen LogP contribution in [0.1, 0.15) is 5.56 Å². The van der Waals surface area contributed by atoms with Crippen LogP contribution in [0, 0.1) is 10.1 Å². The highest BCUT2D eigenvalue weighted by atomic mass is 16.6. The smallest absolute Gasteiger partial charge is 0.408 e. The number of aliphatic carboxylic acids is 1. The number of alkyl carbamates (subject to hydrolysis) is 1. The van der Waals surface area contributed by atoms with Gasteiger partial charge in [-0.2, -0.15) is 0 Å². The first-order valence-electron chi connectivity index (χ1n) is 6.50. The van der Waals surface area contributed by atoms with Crippen LogP contribution < -0.4 is 14.8 Å². The number of carbonyl (C=O) groups excluding carboxylic acids is 1. The highest BCUT2D eigenvalue weighted by molar-refractivity contribution is 5.80. The topological polar surface area (TPSA) is 157 Å². The number of methoxy groups -OCH3 is 2. The standard InChI is InChI=1S/C13H16N2O9/c1-22-10-3-7(9(15(20)21)4-11(10)23-2)6-24-13(19)14-8(5-16)12(17)18/h3-4,8,16H,5-6H2,1-2H3,(H,14,19)(H,17,18)/t8-/m0/s1. The number of aliphatic hydroxyl groups is 1. The number of carboxylic acids is 1. The molecule has 0 saturated heterocycles. The fraction of sp³-hybridized carbons (Fsp3) is 0.385. The molecule has 0 aromatic heterocycles. The van der Waals surface area contributed by atoms with Gasteiger partial charge in [0.25, 0.3) is 5.69 Å². The number of rotatable bonds is 8. The third-order valence-electron chi connectivity index (χ3n) is 2.91. The molecule has 1 aromatic carbocycles. The maximum Gasteiger partial charge on any atom is 0.408 e. The molecule has 1 atom stereocenters. The van der Waals surface area contributed by atoms with E-state index in [-0.39, 0.29) is 22.7 Å². The van der Waals surface area contributed by atoms with Crippen molar-refractivity contribution in [1.29, 1.82) is 0 Å². The zero-order chi connectivity index (χ0) is 18.3. The molecule has 0 fully saturated rings. The summed E-state index contributed by atoms with van der Waals surface area (Å²) in [7, 11) is 2.64. The molecule has 0 saturated carbocycles. The van der Waals surface area contributed by atoms with E-state index in [9.17, 15) is 19.7 Å². The Bertz CT molecular complexity index is 632. The largest absolute Gasteiger partial charge is 0.493 e. The Labute approximate surface area is 135 Å². The summed E-state index contributed by atoms with van der Waals surface area (Å²) in [5.74, 6) is -1.13. The SMILES string of the molecule is COc1cc(COC(=O)N[C@@H](CO)C(=O)O)c([N+](=O)[O-])cc1OC. The fourth-order valence-electron chi connectivity index (χ4n) is 1.71. The van der Waals surface area contributed by atoms with E-state index in [4.69, 9.17) is 24.4 Å². The van der Waals surface area contributed by atoms with Crippen LogP contribution in [0.5, 0.6) is 11.5 Å². The van der Waals surface area contributed by atoms with Gasteiger partial charge in [-0.3, -0.25) is 10.1 Å². The minimum Gasteiger partial charge on any atom is -0.493 e. The molecule has 0 radical (unpaired) electrons. The second-order valence-electron chi connectivity index (χ2n) is 4.39. The van der Waals surface area contributed by atoms with E-state index < -0.39 is 36.2 Å². The Morgan fingerprint density at radius 1 is 1.29 bits per heavy atom. The molecule has 1 aromatic rings. The van der Waals surface area contributed by atoms with Crippen LogP contribution in [0.25, 0.3) is 0 Å². The van der Waals surface area contributed by atoms with Gasteiger partial charge < -0.3 is 29.7 Å². The molecule has 0 aliphatic carbocycles. The normalized spacial score (nSPS) is 11.3. The molecule has 0 aliphatic rings. The molecule has 24 heavy (non-hydrogen) atoms. The summed E-state index contributed by atoms with van der Waals surface area (Å²) in [5.41, 5.74) is -0.346. The molecular weight excluding hydrogens is 328 g/mol. The van der Waals surface area contributed by atoms with Crippen molar-refractivity contribution in [3.05, 3.63) is 27.8 Å². The number of amides is 1. The highest BCUT2D eigenvalue weighted by Gasteiger charge is 2.23. The number of carboxylic acid groups (broad SMARTS) is 1. The van der Waals surface area contributed by atoms with E-state index in [0.29, 0.717) is 0 Å². The second kappa shape index (κ2) is 8.53.